The summed E-state index contributed by atoms with van der Waals surface area (Å²) >= 11 is 0. The molecule has 8 nitrogen and oxygen atoms in total. The molecule has 0 radical (unpaired) electrons. The zero-order valence-corrected chi connectivity index (χ0v) is 17.5. The van der Waals surface area contributed by atoms with Crippen LogP contribution in [0.3, 0.4) is 0 Å². The largest absolute Gasteiger partial charge is 0.497 e. The molecule has 1 aromatic carbocycles. The minimum Gasteiger partial charge on any atom is -0.497 e. The Morgan fingerprint density at radius 3 is 2.77 bits per heavy atom. The molecule has 162 valence electrons. The van der Waals surface area contributed by atoms with Crippen molar-refractivity contribution in [1.82, 2.24) is 15.2 Å². The number of pyridine rings is 1. The second-order valence-electron chi connectivity index (χ2n) is 7.59. The monoisotopic (exact) mass is 415 g/mol. The molecule has 0 bridgehead atoms. The first-order chi connectivity index (χ1) is 14.4. The number of ether oxygens (including phenoxy) is 2. The zero-order chi connectivity index (χ0) is 21.7. The van der Waals surface area contributed by atoms with Gasteiger partial charge in [-0.2, -0.15) is 0 Å². The Labute approximate surface area is 176 Å². The number of amides is 1. The summed E-state index contributed by atoms with van der Waals surface area (Å²) in [5.74, 6) is 0.982. The van der Waals surface area contributed by atoms with Crippen LogP contribution >= 0.6 is 0 Å². The van der Waals surface area contributed by atoms with Crippen LogP contribution in [0.4, 0.5) is 0 Å². The lowest BCUT2D eigenvalue weighted by Gasteiger charge is -2.31. The van der Waals surface area contributed by atoms with Crippen LogP contribution in [0.2, 0.25) is 0 Å². The van der Waals surface area contributed by atoms with Crippen LogP contribution in [-0.4, -0.2) is 77.6 Å². The molecule has 1 saturated carbocycles. The molecule has 0 unspecified atom stereocenters. The number of nitrogens with one attached hydrogen (secondary N) is 1. The van der Waals surface area contributed by atoms with E-state index in [0.717, 1.165) is 5.56 Å². The molecule has 1 heterocycles. The number of aliphatic hydroxyl groups excluding tert-OH is 2. The van der Waals surface area contributed by atoms with E-state index in [2.05, 4.69) is 10.3 Å². The Bertz CT molecular complexity index is 862. The average Bonchev–Trinajstić information content (AvgIpc) is 3.03. The van der Waals surface area contributed by atoms with Crippen molar-refractivity contribution in [1.29, 1.82) is 0 Å². The number of methoxy groups -OCH3 is 1. The van der Waals surface area contributed by atoms with Gasteiger partial charge in [0.15, 0.2) is 0 Å². The van der Waals surface area contributed by atoms with E-state index >= 15 is 0 Å². The number of aliphatic hydroxyl groups is 2. The van der Waals surface area contributed by atoms with Gasteiger partial charge in [0.25, 0.3) is 5.91 Å². The van der Waals surface area contributed by atoms with Gasteiger partial charge in [-0.3, -0.25) is 14.7 Å². The van der Waals surface area contributed by atoms with Gasteiger partial charge in [-0.15, -0.1) is 0 Å². The second-order valence-corrected chi connectivity index (χ2v) is 7.59. The molecule has 1 aromatic heterocycles. The van der Waals surface area contributed by atoms with Gasteiger partial charge >= 0.3 is 0 Å². The second kappa shape index (κ2) is 9.88. The molecule has 0 spiro atoms. The lowest BCUT2D eigenvalue weighted by Crippen LogP contribution is -2.52. The van der Waals surface area contributed by atoms with E-state index in [9.17, 15) is 15.0 Å². The Hall–Kier alpha value is -2.68. The average molecular weight is 415 g/mol. The third-order valence-corrected chi connectivity index (χ3v) is 5.37. The zero-order valence-electron chi connectivity index (χ0n) is 17.5. The maximum absolute atomic E-state index is 12.8. The summed E-state index contributed by atoms with van der Waals surface area (Å²) in [5.41, 5.74) is 1.35. The van der Waals surface area contributed by atoms with Gasteiger partial charge in [0, 0.05) is 31.4 Å². The molecule has 8 heteroatoms. The third kappa shape index (κ3) is 5.08. The maximum atomic E-state index is 12.8. The normalized spacial score (nSPS) is 23.4. The minimum atomic E-state index is -0.853. The Balaban J connectivity index is 1.78. The fourth-order valence-corrected chi connectivity index (χ4v) is 3.90. The van der Waals surface area contributed by atoms with Crippen LogP contribution in [-0.2, 0) is 0 Å². The van der Waals surface area contributed by atoms with Crippen LogP contribution in [0.25, 0.3) is 0 Å². The quantitative estimate of drug-likeness (QED) is 0.591. The van der Waals surface area contributed by atoms with Gasteiger partial charge in [-0.25, -0.2) is 0 Å². The van der Waals surface area contributed by atoms with Crippen LogP contribution in [0.5, 0.6) is 11.5 Å². The van der Waals surface area contributed by atoms with Crippen molar-refractivity contribution >= 4 is 5.91 Å². The van der Waals surface area contributed by atoms with Crippen LogP contribution in [0, 0.1) is 6.92 Å². The molecule has 1 aliphatic carbocycles. The number of likely N-dealkylation sites (N-methyl/N-ethyl adjacent to an activating group) is 1. The first-order valence-electron chi connectivity index (χ1n) is 9.95. The van der Waals surface area contributed by atoms with Crippen molar-refractivity contribution in [3.63, 3.8) is 0 Å². The minimum absolute atomic E-state index is 0.0520. The summed E-state index contributed by atoms with van der Waals surface area (Å²) in [7, 11) is 3.39. The predicted molar refractivity (Wildman–Crippen MR) is 112 cm³/mol. The molecule has 2 aromatic rings. The molecular formula is C22H29N3O5. The highest BCUT2D eigenvalue weighted by molar-refractivity contribution is 5.94. The molecule has 1 fully saturated rings. The van der Waals surface area contributed by atoms with E-state index in [0.29, 0.717) is 30.0 Å². The third-order valence-electron chi connectivity index (χ3n) is 5.37. The molecule has 4 atom stereocenters. The highest BCUT2D eigenvalue weighted by atomic mass is 16.5. The SMILES string of the molecule is COc1cccc(O[C@@H]2C[C@@H](NC(=O)c3cncc(C)c3)[C@H](N(C)CCO)[C@H]2O)c1. The Morgan fingerprint density at radius 2 is 2.07 bits per heavy atom. The molecule has 3 N–H and O–H groups in total. The first kappa shape index (κ1) is 22.0. The molecule has 0 aliphatic heterocycles. The van der Waals surface area contributed by atoms with E-state index in [1.807, 2.05) is 31.0 Å². The number of aryl methyl sites for hydroxylation is 1. The highest BCUT2D eigenvalue weighted by Crippen LogP contribution is 2.30. The molecular weight excluding hydrogens is 386 g/mol. The summed E-state index contributed by atoms with van der Waals surface area (Å²) in [6, 6.07) is 8.18. The van der Waals surface area contributed by atoms with Gasteiger partial charge in [0.05, 0.1) is 31.4 Å². The number of rotatable bonds is 8. The molecule has 30 heavy (non-hydrogen) atoms. The highest BCUT2D eigenvalue weighted by Gasteiger charge is 2.46. The van der Waals surface area contributed by atoms with Crippen molar-refractivity contribution < 1.29 is 24.5 Å². The molecule has 1 aliphatic rings. The van der Waals surface area contributed by atoms with E-state index in [4.69, 9.17) is 9.47 Å². The van der Waals surface area contributed by atoms with Crippen molar-refractivity contribution in [2.75, 3.05) is 27.3 Å². The maximum Gasteiger partial charge on any atom is 0.253 e. The van der Waals surface area contributed by atoms with E-state index in [-0.39, 0.29) is 18.6 Å². The number of hydrogen-bond acceptors (Lipinski definition) is 7. The smallest absolute Gasteiger partial charge is 0.253 e. The topological polar surface area (TPSA) is 104 Å². The number of benzene rings is 1. The summed E-state index contributed by atoms with van der Waals surface area (Å²) < 4.78 is 11.3. The van der Waals surface area contributed by atoms with Crippen LogP contribution in [0.15, 0.2) is 42.7 Å². The number of aromatic nitrogens is 1. The van der Waals surface area contributed by atoms with Gasteiger partial charge in [0.1, 0.15) is 23.7 Å². The standard InChI is InChI=1S/C22H29N3O5/c1-14-9-15(13-23-12-14)22(28)24-18-11-19(21(27)20(18)25(2)7-8-26)30-17-6-4-5-16(10-17)29-3/h4-6,9-10,12-13,18-21,26-27H,7-8,11H2,1-3H3,(H,24,28)/t18-,19-,20+,21+/m1/s1. The number of hydrogen-bond donors (Lipinski definition) is 3. The predicted octanol–water partition coefficient (Wildman–Crippen LogP) is 1.00. The van der Waals surface area contributed by atoms with Gasteiger partial charge in [-0.1, -0.05) is 6.07 Å². The summed E-state index contributed by atoms with van der Waals surface area (Å²) in [6.07, 6.45) is 2.25. The fraction of sp³-hybridized carbons (Fsp3) is 0.455. The van der Waals surface area contributed by atoms with Crippen LogP contribution in [0.1, 0.15) is 22.3 Å². The van der Waals surface area contributed by atoms with Crippen LogP contribution < -0.4 is 14.8 Å². The number of carbonyl (C=O) groups is 1. The van der Waals surface area contributed by atoms with Crippen molar-refractivity contribution in [2.24, 2.45) is 0 Å². The van der Waals surface area contributed by atoms with Gasteiger partial charge < -0.3 is 25.0 Å². The molecule has 0 saturated heterocycles. The summed E-state index contributed by atoms with van der Waals surface area (Å²) in [5, 5.41) is 23.4. The first-order valence-corrected chi connectivity index (χ1v) is 9.95. The van der Waals surface area contributed by atoms with Crippen molar-refractivity contribution in [3.8, 4) is 11.5 Å². The lowest BCUT2D eigenvalue weighted by atomic mass is 10.1. The van der Waals surface area contributed by atoms with Gasteiger partial charge in [0.2, 0.25) is 0 Å². The summed E-state index contributed by atoms with van der Waals surface area (Å²) in [4.78, 5) is 18.7. The van der Waals surface area contributed by atoms with E-state index in [1.165, 1.54) is 6.20 Å². The number of carbonyl (C=O) groups excluding carboxylic acids is 1. The molecule has 1 amide bonds. The fourth-order valence-electron chi connectivity index (χ4n) is 3.90. The van der Waals surface area contributed by atoms with E-state index in [1.54, 1.807) is 31.5 Å². The lowest BCUT2D eigenvalue weighted by molar-refractivity contribution is 0.0109. The van der Waals surface area contributed by atoms with E-state index < -0.39 is 18.2 Å². The summed E-state index contributed by atoms with van der Waals surface area (Å²) in [6.45, 7) is 2.19. The van der Waals surface area contributed by atoms with Crippen molar-refractivity contribution in [2.45, 2.75) is 37.6 Å². The Morgan fingerprint density at radius 1 is 1.30 bits per heavy atom. The van der Waals surface area contributed by atoms with Crippen molar-refractivity contribution in [3.05, 3.63) is 53.9 Å². The molecule has 3 rings (SSSR count). The Kier molecular flexibility index (Phi) is 7.25. The number of nitrogens with zero attached hydrogens (tertiary/aromatic N) is 2. The van der Waals surface area contributed by atoms with Gasteiger partial charge in [-0.05, 0) is 37.7 Å².